The Bertz CT molecular complexity index is 116. The number of rotatable bonds is 2. The van der Waals surface area contributed by atoms with Crippen molar-refractivity contribution < 1.29 is 4.74 Å². The van der Waals surface area contributed by atoms with E-state index in [2.05, 4.69) is 63.7 Å². The van der Waals surface area contributed by atoms with Gasteiger partial charge in [-0.3, -0.25) is 0 Å². The Hall–Kier alpha value is 1.20. The highest BCUT2D eigenvalue weighted by Gasteiger charge is 1.81. The van der Waals surface area contributed by atoms with Gasteiger partial charge in [-0.2, -0.15) is 0 Å². The second kappa shape index (κ2) is 5.95. The molecule has 0 amide bonds. The van der Waals surface area contributed by atoms with E-state index in [4.69, 9.17) is 4.74 Å². The molecule has 0 aromatic rings. The van der Waals surface area contributed by atoms with Gasteiger partial charge in [-0.05, 0) is 63.7 Å². The molecule has 0 bridgehead atoms. The van der Waals surface area contributed by atoms with Crippen LogP contribution in [0.15, 0.2) is 19.3 Å². The molecule has 5 heteroatoms. The first-order valence-corrected chi connectivity index (χ1v) is 4.98. The van der Waals surface area contributed by atoms with Gasteiger partial charge in [0.2, 0.25) is 0 Å². The molecule has 0 radical (unpaired) electrons. The van der Waals surface area contributed by atoms with Gasteiger partial charge in [0.25, 0.3) is 0 Å². The monoisotopic (exact) mass is 382 g/mol. The highest BCUT2D eigenvalue weighted by atomic mass is 79.9. The minimum Gasteiger partial charge on any atom is -0.469 e. The van der Waals surface area contributed by atoms with Crippen molar-refractivity contribution in [3.05, 3.63) is 19.3 Å². The summed E-state index contributed by atoms with van der Waals surface area (Å²) in [5.41, 5.74) is 0. The van der Waals surface area contributed by atoms with Crippen LogP contribution in [0.4, 0.5) is 0 Å². The van der Waals surface area contributed by atoms with E-state index in [-0.39, 0.29) is 0 Å². The Balaban J connectivity index is 3.53. The van der Waals surface area contributed by atoms with Gasteiger partial charge in [0.05, 0.1) is 6.78 Å². The summed E-state index contributed by atoms with van der Waals surface area (Å²) in [6.07, 6.45) is 3.00. The molecule has 0 aromatic carbocycles. The first-order chi connectivity index (χ1) is 4.13. The molecular formula is C4H2Br4O. The lowest BCUT2D eigenvalue weighted by molar-refractivity contribution is 0.404. The molecule has 0 aliphatic rings. The van der Waals surface area contributed by atoms with Gasteiger partial charge in [-0.1, -0.05) is 0 Å². The lowest BCUT2D eigenvalue weighted by atomic mass is 11.1. The zero-order valence-corrected chi connectivity index (χ0v) is 10.4. The average Bonchev–Trinajstić information content (AvgIpc) is 1.63. The maximum atomic E-state index is 4.84. The fourth-order valence-corrected chi connectivity index (χ4v) is 0.569. The van der Waals surface area contributed by atoms with Crippen LogP contribution in [0.2, 0.25) is 0 Å². The van der Waals surface area contributed by atoms with Crippen LogP contribution in [0.25, 0.3) is 0 Å². The van der Waals surface area contributed by atoms with Crippen LogP contribution in [0, 0.1) is 0 Å². The SMILES string of the molecule is BrC(Br)=COC=C(Br)Br. The third-order valence-electron chi connectivity index (χ3n) is 0.314. The highest BCUT2D eigenvalue weighted by Crippen LogP contribution is 2.15. The van der Waals surface area contributed by atoms with Gasteiger partial charge in [0.15, 0.2) is 0 Å². The fraction of sp³-hybridized carbons (Fsp3) is 0. The summed E-state index contributed by atoms with van der Waals surface area (Å²) in [5.74, 6) is 0. The van der Waals surface area contributed by atoms with Crippen molar-refractivity contribution in [2.24, 2.45) is 0 Å². The first kappa shape index (κ1) is 10.2. The molecular weight excluding hydrogens is 384 g/mol. The molecule has 0 aliphatic carbocycles. The van der Waals surface area contributed by atoms with Crippen LogP contribution in [-0.4, -0.2) is 0 Å². The second-order valence-electron chi connectivity index (χ2n) is 0.951. The Morgan fingerprint density at radius 1 is 0.889 bits per heavy atom. The van der Waals surface area contributed by atoms with E-state index in [0.29, 0.717) is 0 Å². The van der Waals surface area contributed by atoms with Gasteiger partial charge in [0.1, 0.15) is 12.5 Å². The van der Waals surface area contributed by atoms with Crippen LogP contribution in [-0.2, 0) is 4.74 Å². The Kier molecular flexibility index (Phi) is 6.74. The van der Waals surface area contributed by atoms with E-state index >= 15 is 0 Å². The summed E-state index contributed by atoms with van der Waals surface area (Å²) >= 11 is 12.5. The van der Waals surface area contributed by atoms with Gasteiger partial charge in [0, 0.05) is 0 Å². The zero-order chi connectivity index (χ0) is 7.28. The Labute approximate surface area is 87.0 Å². The normalized spacial score (nSPS) is 8.00. The standard InChI is InChI=1S/C4H2Br4O/c5-3(6)1-9-2-4(7)8/h1-2H. The molecule has 0 atom stereocenters. The molecule has 0 aliphatic heterocycles. The Morgan fingerprint density at radius 3 is 1.44 bits per heavy atom. The summed E-state index contributed by atoms with van der Waals surface area (Å²) < 4.78 is 6.36. The van der Waals surface area contributed by atoms with Crippen molar-refractivity contribution in [2.75, 3.05) is 0 Å². The maximum Gasteiger partial charge on any atom is 0.111 e. The van der Waals surface area contributed by atoms with Crippen molar-refractivity contribution in [1.82, 2.24) is 0 Å². The lowest BCUT2D eigenvalue weighted by Crippen LogP contribution is -1.63. The number of hydrogen-bond donors (Lipinski definition) is 0. The van der Waals surface area contributed by atoms with Crippen LogP contribution in [0.5, 0.6) is 0 Å². The predicted octanol–water partition coefficient (Wildman–Crippen LogP) is 4.18. The molecule has 1 nitrogen and oxygen atoms in total. The predicted molar refractivity (Wildman–Crippen MR) is 53.0 cm³/mol. The van der Waals surface area contributed by atoms with Gasteiger partial charge < -0.3 is 4.74 Å². The largest absolute Gasteiger partial charge is 0.469 e. The lowest BCUT2D eigenvalue weighted by Gasteiger charge is -1.88. The summed E-state index contributed by atoms with van der Waals surface area (Å²) in [6, 6.07) is 0. The molecule has 0 heterocycles. The van der Waals surface area contributed by atoms with E-state index in [1.54, 1.807) is 0 Å². The van der Waals surface area contributed by atoms with Crippen LogP contribution in [0.1, 0.15) is 0 Å². The van der Waals surface area contributed by atoms with Crippen molar-refractivity contribution >= 4 is 63.7 Å². The smallest absolute Gasteiger partial charge is 0.111 e. The minimum atomic E-state index is 0.757. The van der Waals surface area contributed by atoms with E-state index in [1.165, 1.54) is 12.5 Å². The van der Waals surface area contributed by atoms with Crippen LogP contribution in [0.3, 0.4) is 0 Å². The van der Waals surface area contributed by atoms with Gasteiger partial charge >= 0.3 is 0 Å². The van der Waals surface area contributed by atoms with E-state index in [1.807, 2.05) is 0 Å². The van der Waals surface area contributed by atoms with Crippen molar-refractivity contribution in [3.63, 3.8) is 0 Å². The highest BCUT2D eigenvalue weighted by molar-refractivity contribution is 9.28. The maximum absolute atomic E-state index is 4.84. The van der Waals surface area contributed by atoms with Crippen LogP contribution >= 0.6 is 63.7 Å². The molecule has 9 heavy (non-hydrogen) atoms. The minimum absolute atomic E-state index is 0.757. The number of halogens is 4. The first-order valence-electron chi connectivity index (χ1n) is 1.80. The molecule has 0 unspecified atom stereocenters. The van der Waals surface area contributed by atoms with Crippen molar-refractivity contribution in [2.45, 2.75) is 0 Å². The average molecular weight is 386 g/mol. The topological polar surface area (TPSA) is 9.23 Å². The molecule has 0 saturated heterocycles. The second-order valence-corrected chi connectivity index (χ2v) is 6.50. The zero-order valence-electron chi connectivity index (χ0n) is 4.07. The van der Waals surface area contributed by atoms with E-state index < -0.39 is 0 Å². The van der Waals surface area contributed by atoms with Crippen molar-refractivity contribution in [3.8, 4) is 0 Å². The summed E-state index contributed by atoms with van der Waals surface area (Å²) in [5, 5.41) is 0. The Morgan fingerprint density at radius 2 is 1.22 bits per heavy atom. The van der Waals surface area contributed by atoms with E-state index in [0.717, 1.165) is 6.78 Å². The molecule has 0 rings (SSSR count). The molecule has 0 spiro atoms. The summed E-state index contributed by atoms with van der Waals surface area (Å²) in [4.78, 5) is 0. The molecule has 0 N–H and O–H groups in total. The summed E-state index contributed by atoms with van der Waals surface area (Å²) in [6.45, 7) is 0. The van der Waals surface area contributed by atoms with Gasteiger partial charge in [-0.15, -0.1) is 0 Å². The molecule has 0 saturated carbocycles. The fourth-order valence-electron chi connectivity index (χ4n) is 0.137. The van der Waals surface area contributed by atoms with Gasteiger partial charge in [-0.25, -0.2) is 0 Å². The third-order valence-corrected chi connectivity index (χ3v) is 1.06. The molecule has 52 valence electrons. The third kappa shape index (κ3) is 9.20. The summed E-state index contributed by atoms with van der Waals surface area (Å²) in [7, 11) is 0. The van der Waals surface area contributed by atoms with Crippen LogP contribution < -0.4 is 0 Å². The molecule has 0 fully saturated rings. The van der Waals surface area contributed by atoms with Crippen molar-refractivity contribution in [1.29, 1.82) is 0 Å². The number of ether oxygens (including phenoxy) is 1. The quantitative estimate of drug-likeness (QED) is 0.648. The number of hydrogen-bond acceptors (Lipinski definition) is 1. The van der Waals surface area contributed by atoms with E-state index in [9.17, 15) is 0 Å². The molecule has 0 aromatic heterocycles.